The quantitative estimate of drug-likeness (QED) is 0.616. The van der Waals surface area contributed by atoms with Gasteiger partial charge in [-0.2, -0.15) is 0 Å². The predicted molar refractivity (Wildman–Crippen MR) is 136 cm³/mol. The molecule has 2 aromatic carbocycles. The van der Waals surface area contributed by atoms with E-state index in [1.165, 1.54) is 0 Å². The van der Waals surface area contributed by atoms with Crippen molar-refractivity contribution in [3.05, 3.63) is 64.2 Å². The SMILES string of the molecule is CC(C)CCN1CC(=O)NCCCCCOc2cccc(C(=O)NCc3ccc(Cl)cc3)c2C1. The number of carbonyl (C=O) groups is 2. The summed E-state index contributed by atoms with van der Waals surface area (Å²) in [6.45, 7) is 7.56. The maximum absolute atomic E-state index is 13.2. The van der Waals surface area contributed by atoms with Crippen LogP contribution in [0.2, 0.25) is 5.02 Å². The molecule has 0 spiro atoms. The van der Waals surface area contributed by atoms with E-state index in [0.717, 1.165) is 43.4 Å². The Kier molecular flexibility index (Phi) is 10.2. The standard InChI is InChI=1S/C27H36ClN3O3/c1-20(2)13-15-31-18-24-23(27(33)30-17-21-9-11-22(28)12-10-21)7-6-8-25(24)34-16-5-3-4-14-29-26(32)19-31/h6-12,20H,3-5,13-19H2,1-2H3,(H,29,32)(H,30,33). The van der Waals surface area contributed by atoms with Crippen molar-refractivity contribution in [2.24, 2.45) is 5.92 Å². The Balaban J connectivity index is 1.84. The molecule has 7 heteroatoms. The van der Waals surface area contributed by atoms with Gasteiger partial charge in [-0.3, -0.25) is 14.5 Å². The van der Waals surface area contributed by atoms with Gasteiger partial charge in [0, 0.05) is 35.8 Å². The predicted octanol–water partition coefficient (Wildman–Crippen LogP) is 4.80. The van der Waals surface area contributed by atoms with Gasteiger partial charge in [0.1, 0.15) is 5.75 Å². The number of hydrogen-bond acceptors (Lipinski definition) is 4. The molecule has 0 aliphatic carbocycles. The van der Waals surface area contributed by atoms with Crippen molar-refractivity contribution in [1.29, 1.82) is 0 Å². The Bertz CT molecular complexity index is 947. The summed E-state index contributed by atoms with van der Waals surface area (Å²) >= 11 is 5.97. The van der Waals surface area contributed by atoms with Crippen LogP contribution in [0, 0.1) is 5.92 Å². The van der Waals surface area contributed by atoms with Crippen molar-refractivity contribution in [1.82, 2.24) is 15.5 Å². The van der Waals surface area contributed by atoms with Crippen LogP contribution < -0.4 is 15.4 Å². The second-order valence-corrected chi connectivity index (χ2v) is 9.68. The van der Waals surface area contributed by atoms with Gasteiger partial charge in [-0.15, -0.1) is 0 Å². The van der Waals surface area contributed by atoms with Crippen molar-refractivity contribution >= 4 is 23.4 Å². The van der Waals surface area contributed by atoms with Gasteiger partial charge in [-0.05, 0) is 68.0 Å². The lowest BCUT2D eigenvalue weighted by Gasteiger charge is -2.25. The molecule has 0 saturated carbocycles. The highest BCUT2D eigenvalue weighted by molar-refractivity contribution is 6.30. The summed E-state index contributed by atoms with van der Waals surface area (Å²) in [5.74, 6) is 1.10. The van der Waals surface area contributed by atoms with Crippen LogP contribution in [-0.2, 0) is 17.9 Å². The number of halogens is 1. The Hall–Kier alpha value is -2.57. The highest BCUT2D eigenvalue weighted by Gasteiger charge is 2.21. The van der Waals surface area contributed by atoms with Crippen LogP contribution in [0.4, 0.5) is 0 Å². The van der Waals surface area contributed by atoms with Crippen LogP contribution in [0.25, 0.3) is 0 Å². The molecule has 1 heterocycles. The minimum absolute atomic E-state index is 0.0233. The Morgan fingerprint density at radius 2 is 1.91 bits per heavy atom. The Morgan fingerprint density at radius 3 is 2.68 bits per heavy atom. The first-order chi connectivity index (χ1) is 16.4. The van der Waals surface area contributed by atoms with E-state index in [0.29, 0.717) is 55.0 Å². The van der Waals surface area contributed by atoms with Gasteiger partial charge in [-0.1, -0.05) is 43.6 Å². The van der Waals surface area contributed by atoms with Crippen LogP contribution in [0.1, 0.15) is 61.0 Å². The first-order valence-electron chi connectivity index (χ1n) is 12.2. The summed E-state index contributed by atoms with van der Waals surface area (Å²) < 4.78 is 6.14. The molecule has 3 rings (SSSR count). The summed E-state index contributed by atoms with van der Waals surface area (Å²) in [5, 5.41) is 6.72. The molecule has 0 atom stereocenters. The summed E-state index contributed by atoms with van der Waals surface area (Å²) in [4.78, 5) is 27.9. The lowest BCUT2D eigenvalue weighted by molar-refractivity contribution is -0.122. The average molecular weight is 486 g/mol. The molecule has 34 heavy (non-hydrogen) atoms. The fourth-order valence-electron chi connectivity index (χ4n) is 3.91. The minimum Gasteiger partial charge on any atom is -0.493 e. The van der Waals surface area contributed by atoms with Crippen molar-refractivity contribution in [2.45, 2.75) is 52.6 Å². The third-order valence-electron chi connectivity index (χ3n) is 5.92. The number of nitrogens with zero attached hydrogens (tertiary/aromatic N) is 1. The van der Waals surface area contributed by atoms with Crippen LogP contribution in [0.5, 0.6) is 5.75 Å². The molecule has 0 saturated heterocycles. The van der Waals surface area contributed by atoms with Crippen LogP contribution in [0.3, 0.4) is 0 Å². The van der Waals surface area contributed by atoms with Gasteiger partial charge in [0.15, 0.2) is 0 Å². The first kappa shape index (κ1) is 26.0. The zero-order chi connectivity index (χ0) is 24.3. The lowest BCUT2D eigenvalue weighted by Crippen LogP contribution is -2.38. The molecular formula is C27H36ClN3O3. The van der Waals surface area contributed by atoms with Crippen molar-refractivity contribution < 1.29 is 14.3 Å². The first-order valence-corrected chi connectivity index (χ1v) is 12.6. The fourth-order valence-corrected chi connectivity index (χ4v) is 4.03. The van der Waals surface area contributed by atoms with Crippen molar-refractivity contribution in [3.8, 4) is 5.75 Å². The third kappa shape index (κ3) is 8.33. The van der Waals surface area contributed by atoms with Gasteiger partial charge in [0.2, 0.25) is 5.91 Å². The van der Waals surface area contributed by atoms with Gasteiger partial charge in [0.25, 0.3) is 5.91 Å². The Labute approximate surface area is 208 Å². The van der Waals surface area contributed by atoms with E-state index in [1.807, 2.05) is 42.5 Å². The number of fused-ring (bicyclic) bond motifs is 1. The average Bonchev–Trinajstić information content (AvgIpc) is 2.83. The molecule has 0 aromatic heterocycles. The lowest BCUT2D eigenvalue weighted by atomic mass is 10.0. The van der Waals surface area contributed by atoms with E-state index < -0.39 is 0 Å². The summed E-state index contributed by atoms with van der Waals surface area (Å²) in [7, 11) is 0. The second kappa shape index (κ2) is 13.4. The highest BCUT2D eigenvalue weighted by Crippen LogP contribution is 2.26. The molecule has 2 N–H and O–H groups in total. The van der Waals surface area contributed by atoms with Crippen LogP contribution >= 0.6 is 11.6 Å². The number of rotatable bonds is 6. The second-order valence-electron chi connectivity index (χ2n) is 9.24. The number of benzene rings is 2. The van der Waals surface area contributed by atoms with Crippen molar-refractivity contribution in [2.75, 3.05) is 26.2 Å². The molecule has 6 nitrogen and oxygen atoms in total. The molecule has 1 aliphatic heterocycles. The minimum atomic E-state index is -0.159. The molecule has 1 aliphatic rings. The Morgan fingerprint density at radius 1 is 1.12 bits per heavy atom. The summed E-state index contributed by atoms with van der Waals surface area (Å²) in [6, 6.07) is 13.0. The molecule has 184 valence electrons. The van der Waals surface area contributed by atoms with Gasteiger partial charge in [-0.25, -0.2) is 0 Å². The van der Waals surface area contributed by atoms with E-state index in [2.05, 4.69) is 29.4 Å². The monoisotopic (exact) mass is 485 g/mol. The summed E-state index contributed by atoms with van der Waals surface area (Å²) in [6.07, 6.45) is 3.78. The fraction of sp³-hybridized carbons (Fsp3) is 0.481. The molecular weight excluding hydrogens is 450 g/mol. The number of hydrogen-bond donors (Lipinski definition) is 2. The largest absolute Gasteiger partial charge is 0.493 e. The van der Waals surface area contributed by atoms with E-state index >= 15 is 0 Å². The number of carbonyl (C=O) groups excluding carboxylic acids is 2. The molecule has 2 aromatic rings. The topological polar surface area (TPSA) is 70.7 Å². The molecule has 0 fully saturated rings. The maximum Gasteiger partial charge on any atom is 0.252 e. The molecule has 0 unspecified atom stereocenters. The van der Waals surface area contributed by atoms with E-state index in [9.17, 15) is 9.59 Å². The third-order valence-corrected chi connectivity index (χ3v) is 6.17. The highest BCUT2D eigenvalue weighted by atomic mass is 35.5. The van der Waals surface area contributed by atoms with Gasteiger partial charge < -0.3 is 15.4 Å². The normalized spacial score (nSPS) is 15.8. The number of amides is 2. The van der Waals surface area contributed by atoms with Crippen molar-refractivity contribution in [3.63, 3.8) is 0 Å². The maximum atomic E-state index is 13.2. The van der Waals surface area contributed by atoms with Gasteiger partial charge in [0.05, 0.1) is 13.2 Å². The summed E-state index contributed by atoms with van der Waals surface area (Å²) in [5.41, 5.74) is 2.38. The van der Waals surface area contributed by atoms with Crippen LogP contribution in [0.15, 0.2) is 42.5 Å². The van der Waals surface area contributed by atoms with E-state index in [4.69, 9.17) is 16.3 Å². The number of nitrogens with one attached hydrogen (secondary N) is 2. The molecule has 0 bridgehead atoms. The van der Waals surface area contributed by atoms with E-state index in [1.54, 1.807) is 0 Å². The number of ether oxygens (including phenoxy) is 1. The zero-order valence-corrected chi connectivity index (χ0v) is 21.0. The smallest absolute Gasteiger partial charge is 0.252 e. The molecule has 0 radical (unpaired) electrons. The zero-order valence-electron chi connectivity index (χ0n) is 20.2. The van der Waals surface area contributed by atoms with Gasteiger partial charge >= 0.3 is 0 Å². The molecule has 2 amide bonds. The van der Waals surface area contributed by atoms with E-state index in [-0.39, 0.29) is 11.8 Å². The van der Waals surface area contributed by atoms with Crippen LogP contribution in [-0.4, -0.2) is 43.0 Å².